The van der Waals surface area contributed by atoms with E-state index in [2.05, 4.69) is 10.3 Å². The van der Waals surface area contributed by atoms with Crippen molar-refractivity contribution in [3.05, 3.63) is 114 Å². The summed E-state index contributed by atoms with van der Waals surface area (Å²) in [7, 11) is 0. The van der Waals surface area contributed by atoms with Gasteiger partial charge in [0.25, 0.3) is 5.91 Å². The number of amides is 1. The first-order chi connectivity index (χ1) is 14.3. The van der Waals surface area contributed by atoms with Gasteiger partial charge >= 0.3 is 0 Å². The van der Waals surface area contributed by atoms with Crippen molar-refractivity contribution in [1.29, 1.82) is 0 Å². The van der Waals surface area contributed by atoms with Gasteiger partial charge in [-0.15, -0.1) is 0 Å². The molecule has 144 valence electrons. The molecule has 0 atom stereocenters. The predicted octanol–water partition coefficient (Wildman–Crippen LogP) is 4.76. The number of ether oxygens (including phenoxy) is 1. The molecule has 0 aliphatic heterocycles. The van der Waals surface area contributed by atoms with Crippen molar-refractivity contribution in [3.63, 3.8) is 0 Å². The topological polar surface area (TPSA) is 56.2 Å². The normalized spacial score (nSPS) is 10.5. The number of carbonyl (C=O) groups excluding carboxylic acids is 1. The van der Waals surface area contributed by atoms with Crippen LogP contribution >= 0.6 is 0 Å². The largest absolute Gasteiger partial charge is 0.489 e. The van der Waals surface area contributed by atoms with Gasteiger partial charge in [0.05, 0.1) is 6.33 Å². The molecule has 0 aliphatic carbocycles. The molecule has 29 heavy (non-hydrogen) atoms. The van der Waals surface area contributed by atoms with E-state index in [1.807, 2.05) is 77.5 Å². The molecule has 1 N–H and O–H groups in total. The number of hydrogen-bond donors (Lipinski definition) is 1. The number of carbonyl (C=O) groups is 1. The lowest BCUT2D eigenvalue weighted by molar-refractivity contribution is 0.102. The number of anilines is 1. The summed E-state index contributed by atoms with van der Waals surface area (Å²) in [5, 5.41) is 2.95. The third-order valence-corrected chi connectivity index (χ3v) is 4.47. The van der Waals surface area contributed by atoms with Crippen molar-refractivity contribution in [1.82, 2.24) is 9.55 Å². The summed E-state index contributed by atoms with van der Waals surface area (Å²) in [4.78, 5) is 16.6. The lowest BCUT2D eigenvalue weighted by atomic mass is 10.1. The van der Waals surface area contributed by atoms with E-state index in [9.17, 15) is 4.79 Å². The molecular formula is C24H21N3O2. The van der Waals surface area contributed by atoms with Gasteiger partial charge in [-0.3, -0.25) is 4.79 Å². The van der Waals surface area contributed by atoms with Gasteiger partial charge in [-0.2, -0.15) is 0 Å². The van der Waals surface area contributed by atoms with Crippen LogP contribution in [-0.2, 0) is 13.2 Å². The van der Waals surface area contributed by atoms with Crippen LogP contribution in [0.2, 0.25) is 0 Å². The molecule has 1 aromatic heterocycles. The zero-order valence-corrected chi connectivity index (χ0v) is 15.9. The number of aromatic nitrogens is 2. The molecule has 5 heteroatoms. The highest BCUT2D eigenvalue weighted by molar-refractivity contribution is 6.04. The predicted molar refractivity (Wildman–Crippen MR) is 113 cm³/mol. The molecule has 4 aromatic rings. The molecule has 0 spiro atoms. The summed E-state index contributed by atoms with van der Waals surface area (Å²) in [6.07, 6.45) is 5.43. The van der Waals surface area contributed by atoms with Gasteiger partial charge in [-0.1, -0.05) is 42.5 Å². The molecule has 1 heterocycles. The third kappa shape index (κ3) is 5.11. The lowest BCUT2D eigenvalue weighted by Gasteiger charge is -2.09. The molecule has 3 aromatic carbocycles. The van der Waals surface area contributed by atoms with E-state index in [1.54, 1.807) is 24.7 Å². The third-order valence-electron chi connectivity index (χ3n) is 4.47. The molecule has 4 rings (SSSR count). The number of nitrogens with one attached hydrogen (secondary N) is 1. The highest BCUT2D eigenvalue weighted by Gasteiger charge is 2.07. The van der Waals surface area contributed by atoms with Gasteiger partial charge in [-0.05, 0) is 47.5 Å². The van der Waals surface area contributed by atoms with E-state index < -0.39 is 0 Å². The molecule has 0 aliphatic rings. The Morgan fingerprint density at radius 2 is 1.72 bits per heavy atom. The Balaban J connectivity index is 1.36. The van der Waals surface area contributed by atoms with Crippen LogP contribution in [0.3, 0.4) is 0 Å². The molecule has 0 unspecified atom stereocenters. The fraction of sp³-hybridized carbons (Fsp3) is 0.0833. The van der Waals surface area contributed by atoms with E-state index in [0.717, 1.165) is 22.6 Å². The van der Waals surface area contributed by atoms with Gasteiger partial charge in [0.1, 0.15) is 12.4 Å². The molecule has 0 bridgehead atoms. The summed E-state index contributed by atoms with van der Waals surface area (Å²) in [5.74, 6) is 0.576. The van der Waals surface area contributed by atoms with E-state index >= 15 is 0 Å². The quantitative estimate of drug-likeness (QED) is 0.500. The highest BCUT2D eigenvalue weighted by atomic mass is 16.5. The second-order valence-corrected chi connectivity index (χ2v) is 6.69. The summed E-state index contributed by atoms with van der Waals surface area (Å²) >= 11 is 0. The summed E-state index contributed by atoms with van der Waals surface area (Å²) in [6, 6.07) is 24.9. The van der Waals surface area contributed by atoms with Gasteiger partial charge in [-0.25, -0.2) is 4.98 Å². The fourth-order valence-corrected chi connectivity index (χ4v) is 2.99. The molecule has 1 amide bonds. The molecule has 0 radical (unpaired) electrons. The summed E-state index contributed by atoms with van der Waals surface area (Å²) < 4.78 is 7.75. The van der Waals surface area contributed by atoms with Gasteiger partial charge in [0, 0.05) is 30.2 Å². The molecule has 0 fully saturated rings. The van der Waals surface area contributed by atoms with E-state index in [-0.39, 0.29) is 5.91 Å². The summed E-state index contributed by atoms with van der Waals surface area (Å²) in [6.45, 7) is 1.20. The van der Waals surface area contributed by atoms with Gasteiger partial charge < -0.3 is 14.6 Å². The first kappa shape index (κ1) is 18.5. The minimum atomic E-state index is -0.153. The SMILES string of the molecule is O=C(Nc1cccc(Cn2ccnc2)c1)c1ccc(OCc2ccccc2)cc1. The minimum Gasteiger partial charge on any atom is -0.489 e. The van der Waals surface area contributed by atoms with Crippen LogP contribution in [0.25, 0.3) is 0 Å². The number of benzene rings is 3. The monoisotopic (exact) mass is 383 g/mol. The van der Waals surface area contributed by atoms with Crippen LogP contribution in [0.15, 0.2) is 97.6 Å². The Morgan fingerprint density at radius 1 is 0.931 bits per heavy atom. The molecule has 0 saturated heterocycles. The Kier molecular flexibility index (Phi) is 5.67. The van der Waals surface area contributed by atoms with Crippen LogP contribution in [0, 0.1) is 0 Å². The minimum absolute atomic E-state index is 0.153. The Bertz CT molecular complexity index is 1060. The number of rotatable bonds is 7. The van der Waals surface area contributed by atoms with Gasteiger partial charge in [0.15, 0.2) is 0 Å². The molecular weight excluding hydrogens is 362 g/mol. The van der Waals surface area contributed by atoms with Crippen molar-refractivity contribution >= 4 is 11.6 Å². The Morgan fingerprint density at radius 3 is 2.48 bits per heavy atom. The van der Waals surface area contributed by atoms with Crippen LogP contribution in [-0.4, -0.2) is 15.5 Å². The van der Waals surface area contributed by atoms with Crippen molar-refractivity contribution in [3.8, 4) is 5.75 Å². The summed E-state index contributed by atoms with van der Waals surface area (Å²) in [5.41, 5.74) is 3.53. The molecule has 0 saturated carbocycles. The number of imidazole rings is 1. The van der Waals surface area contributed by atoms with Crippen molar-refractivity contribution in [2.45, 2.75) is 13.2 Å². The first-order valence-corrected chi connectivity index (χ1v) is 9.39. The maximum absolute atomic E-state index is 12.6. The smallest absolute Gasteiger partial charge is 0.255 e. The maximum Gasteiger partial charge on any atom is 0.255 e. The van der Waals surface area contributed by atoms with Crippen molar-refractivity contribution in [2.75, 3.05) is 5.32 Å². The van der Waals surface area contributed by atoms with E-state index in [0.29, 0.717) is 18.7 Å². The Hall–Kier alpha value is -3.86. The van der Waals surface area contributed by atoms with Crippen molar-refractivity contribution < 1.29 is 9.53 Å². The first-order valence-electron chi connectivity index (χ1n) is 9.39. The van der Waals surface area contributed by atoms with Crippen LogP contribution < -0.4 is 10.1 Å². The second-order valence-electron chi connectivity index (χ2n) is 6.69. The second kappa shape index (κ2) is 8.89. The fourth-order valence-electron chi connectivity index (χ4n) is 2.99. The van der Waals surface area contributed by atoms with Crippen molar-refractivity contribution in [2.24, 2.45) is 0 Å². The zero-order chi connectivity index (χ0) is 19.9. The number of nitrogens with zero attached hydrogens (tertiary/aromatic N) is 2. The lowest BCUT2D eigenvalue weighted by Crippen LogP contribution is -2.12. The average molecular weight is 383 g/mol. The Labute approximate surface area is 169 Å². The van der Waals surface area contributed by atoms with Crippen LogP contribution in [0.1, 0.15) is 21.5 Å². The average Bonchev–Trinajstić information content (AvgIpc) is 3.27. The zero-order valence-electron chi connectivity index (χ0n) is 15.9. The van der Waals surface area contributed by atoms with E-state index in [4.69, 9.17) is 4.74 Å². The molecule has 5 nitrogen and oxygen atoms in total. The van der Waals surface area contributed by atoms with E-state index in [1.165, 1.54) is 0 Å². The highest BCUT2D eigenvalue weighted by Crippen LogP contribution is 2.17. The van der Waals surface area contributed by atoms with Crippen LogP contribution in [0.5, 0.6) is 5.75 Å². The van der Waals surface area contributed by atoms with Gasteiger partial charge in [0.2, 0.25) is 0 Å². The maximum atomic E-state index is 12.6. The van der Waals surface area contributed by atoms with Crippen LogP contribution in [0.4, 0.5) is 5.69 Å². The standard InChI is InChI=1S/C24H21N3O2/c28-24(26-22-8-4-7-20(15-22)16-27-14-13-25-18-27)21-9-11-23(12-10-21)29-17-19-5-2-1-3-6-19/h1-15,18H,16-17H2,(H,26,28). The number of hydrogen-bond acceptors (Lipinski definition) is 3.